The number of benzene rings is 2. The minimum Gasteiger partial charge on any atom is -0.408 e. The molecule has 2 aromatic heterocycles. The van der Waals surface area contributed by atoms with Crippen molar-refractivity contribution < 1.29 is 14.3 Å². The first-order valence-electron chi connectivity index (χ1n) is 11.8. The number of amides is 2. The third kappa shape index (κ3) is 4.31. The Balaban J connectivity index is 1.18. The summed E-state index contributed by atoms with van der Waals surface area (Å²) >= 11 is 7.69. The summed E-state index contributed by atoms with van der Waals surface area (Å²) in [6, 6.07) is 16.6. The SMILES string of the molecule is Cc1nc(C(=O)N2C[C@@H]3C[C@@H]3[C@H]2CNC(=O)Oc2cccc3cccnc23)c(-c2cccc(Cl)c2)s1. The molecule has 36 heavy (non-hydrogen) atoms. The van der Waals surface area contributed by atoms with Gasteiger partial charge in [0, 0.05) is 29.7 Å². The van der Waals surface area contributed by atoms with Crippen LogP contribution in [0, 0.1) is 18.8 Å². The van der Waals surface area contributed by atoms with Gasteiger partial charge in [0.15, 0.2) is 5.75 Å². The lowest BCUT2D eigenvalue weighted by molar-refractivity contribution is 0.0700. The number of nitrogens with zero attached hydrogens (tertiary/aromatic N) is 3. The highest BCUT2D eigenvalue weighted by molar-refractivity contribution is 7.15. The zero-order valence-corrected chi connectivity index (χ0v) is 21.1. The van der Waals surface area contributed by atoms with Gasteiger partial charge in [-0.1, -0.05) is 41.9 Å². The molecule has 2 aromatic carbocycles. The van der Waals surface area contributed by atoms with Gasteiger partial charge in [-0.05, 0) is 55.0 Å². The molecule has 7 nitrogen and oxygen atoms in total. The fraction of sp³-hybridized carbons (Fsp3) is 0.259. The van der Waals surface area contributed by atoms with E-state index in [1.54, 1.807) is 12.3 Å². The fourth-order valence-corrected chi connectivity index (χ4v) is 6.18. The molecule has 9 heteroatoms. The van der Waals surface area contributed by atoms with Gasteiger partial charge in [0.1, 0.15) is 11.2 Å². The summed E-state index contributed by atoms with van der Waals surface area (Å²) in [5, 5.41) is 5.20. The Labute approximate surface area is 217 Å². The second-order valence-corrected chi connectivity index (χ2v) is 10.8. The van der Waals surface area contributed by atoms with Crippen LogP contribution in [-0.2, 0) is 0 Å². The average Bonchev–Trinajstić information content (AvgIpc) is 3.39. The zero-order valence-electron chi connectivity index (χ0n) is 19.5. The van der Waals surface area contributed by atoms with E-state index in [2.05, 4.69) is 15.3 Å². The molecule has 2 amide bonds. The van der Waals surface area contributed by atoms with Gasteiger partial charge < -0.3 is 15.0 Å². The number of para-hydroxylation sites is 1. The Bertz CT molecular complexity index is 1480. The number of ether oxygens (including phenoxy) is 1. The largest absolute Gasteiger partial charge is 0.412 e. The van der Waals surface area contributed by atoms with Gasteiger partial charge in [0.25, 0.3) is 5.91 Å². The zero-order chi connectivity index (χ0) is 24.8. The average molecular weight is 519 g/mol. The van der Waals surface area contributed by atoms with E-state index in [1.165, 1.54) is 11.3 Å². The molecule has 0 spiro atoms. The van der Waals surface area contributed by atoms with Crippen LogP contribution in [0.15, 0.2) is 60.8 Å². The monoisotopic (exact) mass is 518 g/mol. The Morgan fingerprint density at radius 1 is 1.19 bits per heavy atom. The van der Waals surface area contributed by atoms with Crippen LogP contribution >= 0.6 is 22.9 Å². The lowest BCUT2D eigenvalue weighted by Crippen LogP contribution is -2.46. The topological polar surface area (TPSA) is 84.4 Å². The number of halogens is 1. The maximum Gasteiger partial charge on any atom is 0.412 e. The molecule has 6 rings (SSSR count). The smallest absolute Gasteiger partial charge is 0.408 e. The van der Waals surface area contributed by atoms with E-state index in [0.29, 0.717) is 46.9 Å². The number of rotatable bonds is 5. The first-order chi connectivity index (χ1) is 17.5. The molecule has 1 aliphatic carbocycles. The molecule has 2 fully saturated rings. The van der Waals surface area contributed by atoms with Crippen molar-refractivity contribution in [2.75, 3.05) is 13.1 Å². The lowest BCUT2D eigenvalue weighted by Gasteiger charge is -2.27. The van der Waals surface area contributed by atoms with E-state index < -0.39 is 6.09 Å². The molecule has 1 aliphatic heterocycles. The number of aryl methyl sites for hydroxylation is 1. The van der Waals surface area contributed by atoms with E-state index in [1.807, 2.05) is 60.4 Å². The molecule has 4 aromatic rings. The number of aromatic nitrogens is 2. The van der Waals surface area contributed by atoms with Gasteiger partial charge in [-0.25, -0.2) is 9.78 Å². The van der Waals surface area contributed by atoms with E-state index in [4.69, 9.17) is 16.3 Å². The number of pyridine rings is 1. The van der Waals surface area contributed by atoms with Crippen molar-refractivity contribution in [1.29, 1.82) is 0 Å². The van der Waals surface area contributed by atoms with Crippen LogP contribution in [0.4, 0.5) is 4.79 Å². The Hall–Kier alpha value is -3.49. The van der Waals surface area contributed by atoms with Crippen molar-refractivity contribution in [3.05, 3.63) is 76.5 Å². The molecule has 3 atom stereocenters. The minimum absolute atomic E-state index is 0.102. The van der Waals surface area contributed by atoms with Crippen molar-refractivity contribution in [3.63, 3.8) is 0 Å². The molecule has 1 saturated heterocycles. The predicted octanol–water partition coefficient (Wildman–Crippen LogP) is 5.57. The van der Waals surface area contributed by atoms with Crippen molar-refractivity contribution in [2.24, 2.45) is 11.8 Å². The van der Waals surface area contributed by atoms with Gasteiger partial charge >= 0.3 is 6.09 Å². The summed E-state index contributed by atoms with van der Waals surface area (Å²) in [4.78, 5) is 37.9. The molecule has 0 radical (unpaired) electrons. The summed E-state index contributed by atoms with van der Waals surface area (Å²) < 4.78 is 5.57. The summed E-state index contributed by atoms with van der Waals surface area (Å²) in [6.07, 6.45) is 2.17. The molecular formula is C27H23ClN4O3S. The van der Waals surface area contributed by atoms with Crippen molar-refractivity contribution in [3.8, 4) is 16.2 Å². The molecule has 182 valence electrons. The van der Waals surface area contributed by atoms with E-state index in [-0.39, 0.29) is 11.9 Å². The van der Waals surface area contributed by atoms with E-state index in [9.17, 15) is 9.59 Å². The van der Waals surface area contributed by atoms with Gasteiger partial charge in [0.2, 0.25) is 0 Å². The highest BCUT2D eigenvalue weighted by atomic mass is 35.5. The number of carbonyl (C=O) groups is 2. The number of nitrogens with one attached hydrogen (secondary N) is 1. The molecular weight excluding hydrogens is 496 g/mol. The number of thiazole rings is 1. The normalized spacial score (nSPS) is 20.3. The summed E-state index contributed by atoms with van der Waals surface area (Å²) in [5.74, 6) is 1.13. The highest BCUT2D eigenvalue weighted by Gasteiger charge is 2.54. The number of carbonyl (C=O) groups excluding carboxylic acids is 2. The molecule has 2 aliphatic rings. The van der Waals surface area contributed by atoms with Crippen LogP contribution in [0.5, 0.6) is 5.75 Å². The molecule has 1 saturated carbocycles. The molecule has 3 heterocycles. The number of piperidine rings is 1. The standard InChI is InChI=1S/C27H23ClN4O3S/c1-15-31-24(25(36-15)17-6-2-8-19(28)11-17)26(33)32-14-18-12-20(18)21(32)13-30-27(34)35-22-9-3-5-16-7-4-10-29-23(16)22/h2-11,18,20-21H,12-14H2,1H3,(H,30,34)/t18-,20-,21+/m0/s1. The van der Waals surface area contributed by atoms with Crippen molar-refractivity contribution in [2.45, 2.75) is 19.4 Å². The van der Waals surface area contributed by atoms with Crippen LogP contribution < -0.4 is 10.1 Å². The third-order valence-corrected chi connectivity index (χ3v) is 8.10. The van der Waals surface area contributed by atoms with Crippen molar-refractivity contribution >= 4 is 45.8 Å². The fourth-order valence-electron chi connectivity index (χ4n) is 5.08. The maximum atomic E-state index is 13.7. The van der Waals surface area contributed by atoms with Gasteiger partial charge in [-0.2, -0.15) is 0 Å². The predicted molar refractivity (Wildman–Crippen MR) is 139 cm³/mol. The van der Waals surface area contributed by atoms with Crippen LogP contribution in [0.1, 0.15) is 21.9 Å². The third-order valence-electron chi connectivity index (χ3n) is 6.84. The second kappa shape index (κ2) is 9.19. The van der Waals surface area contributed by atoms with E-state index in [0.717, 1.165) is 27.3 Å². The molecule has 0 unspecified atom stereocenters. The quantitative estimate of drug-likeness (QED) is 0.373. The number of hydrogen-bond donors (Lipinski definition) is 1. The Kier molecular flexibility index (Phi) is 5.85. The van der Waals surface area contributed by atoms with Gasteiger partial charge in [-0.3, -0.25) is 9.78 Å². The van der Waals surface area contributed by atoms with Crippen LogP contribution in [-0.4, -0.2) is 46.0 Å². The summed E-state index contributed by atoms with van der Waals surface area (Å²) in [6.45, 7) is 2.89. The first kappa shape index (κ1) is 22.9. The van der Waals surface area contributed by atoms with Crippen LogP contribution in [0.25, 0.3) is 21.3 Å². The van der Waals surface area contributed by atoms with Crippen LogP contribution in [0.2, 0.25) is 5.02 Å². The van der Waals surface area contributed by atoms with Crippen molar-refractivity contribution in [1.82, 2.24) is 20.2 Å². The lowest BCUT2D eigenvalue weighted by atomic mass is 10.1. The summed E-state index contributed by atoms with van der Waals surface area (Å²) in [7, 11) is 0. The number of fused-ring (bicyclic) bond motifs is 2. The van der Waals surface area contributed by atoms with Gasteiger partial charge in [0.05, 0.1) is 15.9 Å². The number of hydrogen-bond acceptors (Lipinski definition) is 6. The van der Waals surface area contributed by atoms with E-state index >= 15 is 0 Å². The second-order valence-electron chi connectivity index (χ2n) is 9.21. The first-order valence-corrected chi connectivity index (χ1v) is 13.0. The maximum absolute atomic E-state index is 13.7. The Morgan fingerprint density at radius 2 is 2.03 bits per heavy atom. The number of likely N-dealkylation sites (tertiary alicyclic amines) is 1. The Morgan fingerprint density at radius 3 is 2.89 bits per heavy atom. The highest BCUT2D eigenvalue weighted by Crippen LogP contribution is 2.50. The molecule has 0 bridgehead atoms. The van der Waals surface area contributed by atoms with Gasteiger partial charge in [-0.15, -0.1) is 11.3 Å². The summed E-state index contributed by atoms with van der Waals surface area (Å²) in [5.41, 5.74) is 1.95. The molecule has 1 N–H and O–H groups in total. The van der Waals surface area contributed by atoms with Crippen LogP contribution in [0.3, 0.4) is 0 Å². The minimum atomic E-state index is -0.561.